The highest BCUT2D eigenvalue weighted by atomic mass is 32.2. The molecule has 0 aliphatic heterocycles. The van der Waals surface area contributed by atoms with Crippen LogP contribution < -0.4 is 10.2 Å². The molecule has 0 aliphatic carbocycles. The first kappa shape index (κ1) is 24.2. The predicted octanol–water partition coefficient (Wildman–Crippen LogP) is 4.62. The highest BCUT2D eigenvalue weighted by molar-refractivity contribution is 7.85. The molecule has 1 unspecified atom stereocenters. The normalized spacial score (nSPS) is 12.7. The van der Waals surface area contributed by atoms with E-state index in [1.165, 1.54) is 23.1 Å². The number of ether oxygens (including phenoxy) is 1. The van der Waals surface area contributed by atoms with Crippen LogP contribution >= 0.6 is 0 Å². The summed E-state index contributed by atoms with van der Waals surface area (Å²) in [4.78, 5) is 9.86. The molecule has 0 bridgehead atoms. The molecule has 10 heteroatoms. The lowest BCUT2D eigenvalue weighted by Gasteiger charge is -2.15. The fourth-order valence-corrected chi connectivity index (χ4v) is 4.53. The summed E-state index contributed by atoms with van der Waals surface area (Å²) in [6.45, 7) is 9.30. The molecular weight excluding hydrogens is 467 g/mol. The minimum atomic E-state index is -1.53. The van der Waals surface area contributed by atoms with Crippen molar-refractivity contribution >= 4 is 23.2 Å². The first-order chi connectivity index (χ1) is 16.9. The fraction of sp³-hybridized carbons (Fsp3) is 0.200. The number of hydrogen-bond donors (Lipinski definition) is 1. The summed E-state index contributed by atoms with van der Waals surface area (Å²) in [5.41, 5.74) is 2.45. The summed E-state index contributed by atoms with van der Waals surface area (Å²) >= 11 is 0. The molecule has 0 saturated carbocycles. The average molecular weight is 493 g/mol. The van der Waals surface area contributed by atoms with Crippen molar-refractivity contribution in [3.63, 3.8) is 0 Å². The smallest absolute Gasteiger partial charge is 0.200 e. The van der Waals surface area contributed by atoms with Gasteiger partial charge < -0.3 is 4.74 Å². The maximum absolute atomic E-state index is 15.2. The molecule has 35 heavy (non-hydrogen) atoms. The summed E-state index contributed by atoms with van der Waals surface area (Å²) in [7, 11) is -1.53. The Morgan fingerprint density at radius 3 is 2.69 bits per heavy atom. The summed E-state index contributed by atoms with van der Waals surface area (Å²) in [5, 5.41) is 10.6. The van der Waals surface area contributed by atoms with E-state index in [-0.39, 0.29) is 17.3 Å². The Bertz CT molecular complexity index is 1450. The van der Waals surface area contributed by atoms with Gasteiger partial charge in [0.05, 0.1) is 23.1 Å². The molecule has 4 aromatic rings. The van der Waals surface area contributed by atoms with Crippen molar-refractivity contribution in [2.45, 2.75) is 43.1 Å². The van der Waals surface area contributed by atoms with Crippen LogP contribution in [0.5, 0.6) is 5.75 Å². The van der Waals surface area contributed by atoms with Crippen LogP contribution in [0, 0.1) is 5.82 Å². The largest absolute Gasteiger partial charge is 0.485 e. The molecule has 0 saturated heterocycles. The van der Waals surface area contributed by atoms with Crippen LogP contribution in [0.1, 0.15) is 26.3 Å². The number of benzene rings is 2. The van der Waals surface area contributed by atoms with E-state index >= 15 is 4.39 Å². The number of rotatable bonds is 8. The minimum Gasteiger partial charge on any atom is -0.485 e. The van der Waals surface area contributed by atoms with E-state index in [0.717, 1.165) is 12.0 Å². The van der Waals surface area contributed by atoms with Crippen molar-refractivity contribution in [3.8, 4) is 17.0 Å². The third kappa shape index (κ3) is 5.27. The van der Waals surface area contributed by atoms with Crippen molar-refractivity contribution in [2.75, 3.05) is 0 Å². The Kier molecular flexibility index (Phi) is 7.31. The zero-order valence-corrected chi connectivity index (χ0v) is 20.4. The maximum Gasteiger partial charge on any atom is 0.200 e. The van der Waals surface area contributed by atoms with Gasteiger partial charge in [0.25, 0.3) is 0 Å². The molecule has 1 atom stereocenters. The Hall–Kier alpha value is -3.92. The maximum atomic E-state index is 15.2. The standard InChI is InChI=1S/C25H25FN6O2S/c1-5-17-7-6-8-19(11-17)35(33)20-9-10-22(21(26)12-20)31-25-24(34-16(2)3)23(18-13-29-30-14-18)28-15-32(25)27-4/h6-16H,4-5H2,1-3H3,(H,29,30). The minimum absolute atomic E-state index is 0.0309. The summed E-state index contributed by atoms with van der Waals surface area (Å²) in [6.07, 6.45) is 5.29. The van der Waals surface area contributed by atoms with Gasteiger partial charge in [0.15, 0.2) is 5.75 Å². The van der Waals surface area contributed by atoms with Crippen LogP contribution in [0.15, 0.2) is 81.1 Å². The highest BCUT2D eigenvalue weighted by Gasteiger charge is 2.17. The van der Waals surface area contributed by atoms with Crippen LogP contribution in [0.2, 0.25) is 0 Å². The Balaban J connectivity index is 1.82. The Morgan fingerprint density at radius 2 is 2.03 bits per heavy atom. The number of hydrogen-bond acceptors (Lipinski definition) is 6. The quantitative estimate of drug-likeness (QED) is 0.363. The van der Waals surface area contributed by atoms with E-state index in [9.17, 15) is 4.21 Å². The third-order valence-corrected chi connectivity index (χ3v) is 6.45. The summed E-state index contributed by atoms with van der Waals surface area (Å²) in [5.74, 6) is -0.324. The molecule has 0 fully saturated rings. The Morgan fingerprint density at radius 1 is 1.23 bits per heavy atom. The van der Waals surface area contributed by atoms with Crippen molar-refractivity contribution in [2.24, 2.45) is 10.1 Å². The van der Waals surface area contributed by atoms with E-state index in [2.05, 4.69) is 32.0 Å². The molecule has 0 radical (unpaired) electrons. The predicted molar refractivity (Wildman–Crippen MR) is 133 cm³/mol. The molecule has 0 amide bonds. The molecular formula is C25H25FN6O2S. The third-order valence-electron chi connectivity index (χ3n) is 5.09. The van der Waals surface area contributed by atoms with Crippen LogP contribution in [0.25, 0.3) is 11.3 Å². The Labute approximate surface area is 204 Å². The van der Waals surface area contributed by atoms with Gasteiger partial charge >= 0.3 is 0 Å². The van der Waals surface area contributed by atoms with Gasteiger partial charge in [0.1, 0.15) is 23.5 Å². The SMILES string of the molecule is C=Nn1cnc(-c2cn[nH]c2)c(OC(C)C)c1=Nc1ccc(S(=O)c2cccc(CC)c2)cc1F. The van der Waals surface area contributed by atoms with E-state index in [4.69, 9.17) is 4.74 Å². The van der Waals surface area contributed by atoms with Crippen molar-refractivity contribution in [3.05, 3.63) is 78.1 Å². The van der Waals surface area contributed by atoms with Gasteiger partial charge in [0.2, 0.25) is 5.49 Å². The zero-order valence-electron chi connectivity index (χ0n) is 19.6. The molecule has 2 heterocycles. The molecule has 1 N–H and O–H groups in total. The van der Waals surface area contributed by atoms with Gasteiger partial charge in [0, 0.05) is 28.3 Å². The van der Waals surface area contributed by atoms with Gasteiger partial charge in [-0.05, 0) is 56.2 Å². The lowest BCUT2D eigenvalue weighted by Crippen LogP contribution is -2.24. The molecule has 180 valence electrons. The molecule has 8 nitrogen and oxygen atoms in total. The number of halogens is 1. The zero-order chi connectivity index (χ0) is 24.9. The summed E-state index contributed by atoms with van der Waals surface area (Å²) < 4.78 is 35.6. The number of aromatic nitrogens is 4. The van der Waals surface area contributed by atoms with Crippen molar-refractivity contribution < 1.29 is 13.3 Å². The van der Waals surface area contributed by atoms with Crippen LogP contribution in [-0.2, 0) is 17.2 Å². The van der Waals surface area contributed by atoms with Crippen LogP contribution in [0.3, 0.4) is 0 Å². The van der Waals surface area contributed by atoms with Crippen molar-refractivity contribution in [1.82, 2.24) is 19.9 Å². The molecule has 2 aromatic heterocycles. The second-order valence-electron chi connectivity index (χ2n) is 7.88. The van der Waals surface area contributed by atoms with Crippen LogP contribution in [-0.4, -0.2) is 36.9 Å². The first-order valence-corrected chi connectivity index (χ1v) is 12.2. The highest BCUT2D eigenvalue weighted by Crippen LogP contribution is 2.27. The fourth-order valence-electron chi connectivity index (χ4n) is 3.40. The number of nitrogens with one attached hydrogen (secondary N) is 1. The van der Waals surface area contributed by atoms with E-state index in [0.29, 0.717) is 26.8 Å². The van der Waals surface area contributed by atoms with Crippen LogP contribution in [0.4, 0.5) is 10.1 Å². The lowest BCUT2D eigenvalue weighted by molar-refractivity contribution is 0.236. The van der Waals surface area contributed by atoms with Crippen molar-refractivity contribution in [1.29, 1.82) is 0 Å². The number of aryl methyl sites for hydroxylation is 1. The molecule has 0 spiro atoms. The molecule has 4 rings (SSSR count). The van der Waals surface area contributed by atoms with E-state index < -0.39 is 16.6 Å². The van der Waals surface area contributed by atoms with Gasteiger partial charge in [-0.25, -0.2) is 23.3 Å². The average Bonchev–Trinajstić information content (AvgIpc) is 3.40. The molecule has 2 aromatic carbocycles. The monoisotopic (exact) mass is 492 g/mol. The van der Waals surface area contributed by atoms with Gasteiger partial charge in [-0.15, -0.1) is 0 Å². The topological polar surface area (TPSA) is 97.5 Å². The first-order valence-electron chi connectivity index (χ1n) is 11.0. The van der Waals surface area contributed by atoms with E-state index in [1.54, 1.807) is 24.5 Å². The summed E-state index contributed by atoms with van der Waals surface area (Å²) in [6, 6.07) is 11.8. The lowest BCUT2D eigenvalue weighted by atomic mass is 10.2. The second kappa shape index (κ2) is 10.6. The van der Waals surface area contributed by atoms with E-state index in [1.807, 2.05) is 39.0 Å². The second-order valence-corrected chi connectivity index (χ2v) is 9.36. The van der Waals surface area contributed by atoms with Gasteiger partial charge in [-0.3, -0.25) is 5.10 Å². The van der Waals surface area contributed by atoms with Gasteiger partial charge in [-0.1, -0.05) is 19.1 Å². The number of H-pyrrole nitrogens is 1. The molecule has 0 aliphatic rings. The van der Waals surface area contributed by atoms with Gasteiger partial charge in [-0.2, -0.15) is 10.2 Å². The number of nitrogens with zero attached hydrogens (tertiary/aromatic N) is 5. The number of aromatic amines is 1.